The smallest absolute Gasteiger partial charge is 0.271 e. The molecule has 0 heterocycles. The molecule has 0 fully saturated rings. The number of nitrogens with two attached hydrogens (primary N) is 1. The van der Waals surface area contributed by atoms with Gasteiger partial charge in [-0.3, -0.25) is 11.3 Å². The molecule has 0 aliphatic heterocycles. The quantitative estimate of drug-likeness (QED) is 0.489. The van der Waals surface area contributed by atoms with Gasteiger partial charge in [0.15, 0.2) is 0 Å². The number of nitrogens with one attached hydrogen (secondary N) is 1. The number of benzene rings is 1. The normalized spacial score (nSPS) is 13.4. The molecule has 0 spiro atoms. The minimum absolute atomic E-state index is 0.0262. The third-order valence-corrected chi connectivity index (χ3v) is 3.25. The second-order valence-electron chi connectivity index (χ2n) is 3.82. The van der Waals surface area contributed by atoms with Crippen molar-refractivity contribution in [1.82, 2.24) is 5.43 Å². The summed E-state index contributed by atoms with van der Waals surface area (Å²) in [5, 5.41) is 0. The highest BCUT2D eigenvalue weighted by atomic mass is 79.9. The van der Waals surface area contributed by atoms with E-state index in [0.29, 0.717) is 18.4 Å². The third kappa shape index (κ3) is 3.83. The van der Waals surface area contributed by atoms with Gasteiger partial charge in [-0.25, -0.2) is 0 Å². The van der Waals surface area contributed by atoms with Gasteiger partial charge < -0.3 is 0 Å². The number of hydrogen-bond acceptors (Lipinski definition) is 2. The molecule has 0 amide bonds. The Labute approximate surface area is 112 Å². The fraction of sp³-hybridized carbons (Fsp3) is 0.333. The number of hydrazine groups is 1. The largest absolute Gasteiger partial charge is 0.417 e. The monoisotopic (exact) mass is 322 g/mol. The van der Waals surface area contributed by atoms with Crippen molar-refractivity contribution in [3.63, 3.8) is 0 Å². The SMILES string of the molecule is C=CCCC(NN)c1ccc(Br)c(C(F)(F)F)c1. The lowest BCUT2D eigenvalue weighted by Gasteiger charge is -2.18. The van der Waals surface area contributed by atoms with Crippen molar-refractivity contribution >= 4 is 15.9 Å². The van der Waals surface area contributed by atoms with Crippen LogP contribution in [0.5, 0.6) is 0 Å². The molecule has 0 saturated carbocycles. The highest BCUT2D eigenvalue weighted by Crippen LogP contribution is 2.36. The minimum atomic E-state index is -4.38. The molecule has 3 N–H and O–H groups in total. The molecule has 0 aliphatic carbocycles. The van der Waals surface area contributed by atoms with Crippen molar-refractivity contribution in [3.05, 3.63) is 46.5 Å². The lowest BCUT2D eigenvalue weighted by molar-refractivity contribution is -0.138. The van der Waals surface area contributed by atoms with Crippen molar-refractivity contribution in [3.8, 4) is 0 Å². The molecule has 1 atom stereocenters. The van der Waals surface area contributed by atoms with E-state index in [1.54, 1.807) is 12.1 Å². The van der Waals surface area contributed by atoms with Crippen LogP contribution in [0.2, 0.25) is 0 Å². The molecule has 0 bridgehead atoms. The number of hydrogen-bond donors (Lipinski definition) is 2. The summed E-state index contributed by atoms with van der Waals surface area (Å²) >= 11 is 2.90. The molecule has 1 unspecified atom stereocenters. The molecular formula is C12H14BrF3N2. The first-order chi connectivity index (χ1) is 8.40. The summed E-state index contributed by atoms with van der Waals surface area (Å²) in [4.78, 5) is 0. The van der Waals surface area contributed by atoms with E-state index in [4.69, 9.17) is 5.84 Å². The fourth-order valence-corrected chi connectivity index (χ4v) is 2.08. The lowest BCUT2D eigenvalue weighted by atomic mass is 10.0. The summed E-state index contributed by atoms with van der Waals surface area (Å²) in [6.07, 6.45) is -1.41. The molecule has 0 saturated heterocycles. The first-order valence-electron chi connectivity index (χ1n) is 5.33. The van der Waals surface area contributed by atoms with E-state index < -0.39 is 11.7 Å². The van der Waals surface area contributed by atoms with Gasteiger partial charge in [-0.05, 0) is 30.5 Å². The van der Waals surface area contributed by atoms with E-state index in [2.05, 4.69) is 27.9 Å². The topological polar surface area (TPSA) is 38.0 Å². The first-order valence-corrected chi connectivity index (χ1v) is 6.13. The zero-order valence-corrected chi connectivity index (χ0v) is 11.2. The van der Waals surface area contributed by atoms with Crippen LogP contribution < -0.4 is 11.3 Å². The number of rotatable bonds is 5. The van der Waals surface area contributed by atoms with Gasteiger partial charge in [0, 0.05) is 10.5 Å². The van der Waals surface area contributed by atoms with Crippen molar-refractivity contribution in [1.29, 1.82) is 0 Å². The van der Waals surface area contributed by atoms with E-state index in [0.717, 1.165) is 6.07 Å². The Morgan fingerprint density at radius 2 is 2.11 bits per heavy atom. The molecule has 1 aromatic carbocycles. The summed E-state index contributed by atoms with van der Waals surface area (Å²) in [7, 11) is 0. The van der Waals surface area contributed by atoms with E-state index in [1.165, 1.54) is 6.07 Å². The van der Waals surface area contributed by atoms with Gasteiger partial charge >= 0.3 is 6.18 Å². The lowest BCUT2D eigenvalue weighted by Crippen LogP contribution is -2.28. The summed E-state index contributed by atoms with van der Waals surface area (Å²) < 4.78 is 38.3. The Bertz CT molecular complexity index is 418. The van der Waals surface area contributed by atoms with E-state index in [9.17, 15) is 13.2 Å². The Hall–Kier alpha value is -0.850. The number of halogens is 4. The first kappa shape index (κ1) is 15.2. The number of allylic oxidation sites excluding steroid dienone is 1. The second-order valence-corrected chi connectivity index (χ2v) is 4.68. The predicted octanol–water partition coefficient (Wildman–Crippen LogP) is 3.94. The van der Waals surface area contributed by atoms with Gasteiger partial charge in [0.2, 0.25) is 0 Å². The van der Waals surface area contributed by atoms with Gasteiger partial charge in [0.1, 0.15) is 0 Å². The Kier molecular flexibility index (Phi) is 5.37. The van der Waals surface area contributed by atoms with Gasteiger partial charge in [-0.2, -0.15) is 13.2 Å². The van der Waals surface area contributed by atoms with E-state index in [-0.39, 0.29) is 10.5 Å². The van der Waals surface area contributed by atoms with Crippen LogP contribution in [0.4, 0.5) is 13.2 Å². The average Bonchev–Trinajstić information content (AvgIpc) is 2.30. The van der Waals surface area contributed by atoms with Gasteiger partial charge in [-0.1, -0.05) is 28.1 Å². The number of alkyl halides is 3. The Balaban J connectivity index is 3.06. The summed E-state index contributed by atoms with van der Waals surface area (Å²) in [6, 6.07) is 3.79. The molecular weight excluding hydrogens is 309 g/mol. The highest BCUT2D eigenvalue weighted by Gasteiger charge is 2.33. The Morgan fingerprint density at radius 1 is 1.44 bits per heavy atom. The predicted molar refractivity (Wildman–Crippen MR) is 68.6 cm³/mol. The molecule has 2 nitrogen and oxygen atoms in total. The van der Waals surface area contributed by atoms with E-state index in [1.807, 2.05) is 0 Å². The molecule has 0 aromatic heterocycles. The van der Waals surface area contributed by atoms with Crippen LogP contribution in [-0.4, -0.2) is 0 Å². The summed E-state index contributed by atoms with van der Waals surface area (Å²) in [6.45, 7) is 3.58. The molecule has 0 aliphatic rings. The average molecular weight is 323 g/mol. The van der Waals surface area contributed by atoms with Crippen LogP contribution in [0.15, 0.2) is 35.3 Å². The third-order valence-electron chi connectivity index (χ3n) is 2.56. The zero-order valence-electron chi connectivity index (χ0n) is 9.60. The van der Waals surface area contributed by atoms with Crippen LogP contribution >= 0.6 is 15.9 Å². The van der Waals surface area contributed by atoms with Crippen LogP contribution in [0.1, 0.15) is 30.0 Å². The van der Waals surface area contributed by atoms with Gasteiger partial charge in [0.05, 0.1) is 5.56 Å². The maximum Gasteiger partial charge on any atom is 0.417 e. The van der Waals surface area contributed by atoms with Crippen molar-refractivity contribution in [2.75, 3.05) is 0 Å². The molecule has 18 heavy (non-hydrogen) atoms. The van der Waals surface area contributed by atoms with Crippen molar-refractivity contribution < 1.29 is 13.2 Å². The molecule has 100 valence electrons. The van der Waals surface area contributed by atoms with Gasteiger partial charge in [0.25, 0.3) is 0 Å². The standard InChI is InChI=1S/C12H14BrF3N2/c1-2-3-4-11(18-17)8-5-6-10(13)9(7-8)12(14,15)16/h2,5-7,11,18H,1,3-4,17H2. The van der Waals surface area contributed by atoms with Crippen molar-refractivity contribution in [2.24, 2.45) is 5.84 Å². The Morgan fingerprint density at radius 3 is 2.61 bits per heavy atom. The maximum absolute atomic E-state index is 12.8. The minimum Gasteiger partial charge on any atom is -0.271 e. The van der Waals surface area contributed by atoms with Gasteiger partial charge in [-0.15, -0.1) is 6.58 Å². The van der Waals surface area contributed by atoms with Crippen LogP contribution in [0, 0.1) is 0 Å². The molecule has 6 heteroatoms. The van der Waals surface area contributed by atoms with Crippen LogP contribution in [0.3, 0.4) is 0 Å². The second kappa shape index (κ2) is 6.36. The molecule has 1 rings (SSSR count). The van der Waals surface area contributed by atoms with Crippen LogP contribution in [-0.2, 0) is 6.18 Å². The fourth-order valence-electron chi connectivity index (χ4n) is 1.61. The maximum atomic E-state index is 12.8. The van der Waals surface area contributed by atoms with E-state index >= 15 is 0 Å². The summed E-state index contributed by atoms with van der Waals surface area (Å²) in [5.41, 5.74) is 2.33. The van der Waals surface area contributed by atoms with Crippen LogP contribution in [0.25, 0.3) is 0 Å². The molecule has 1 aromatic rings. The highest BCUT2D eigenvalue weighted by molar-refractivity contribution is 9.10. The summed E-state index contributed by atoms with van der Waals surface area (Å²) in [5.74, 6) is 5.37. The van der Waals surface area contributed by atoms with Crippen molar-refractivity contribution in [2.45, 2.75) is 25.1 Å². The zero-order chi connectivity index (χ0) is 13.8. The molecule has 0 radical (unpaired) electrons.